The standard InChI is InChI=1S/C8H16N2O4/c1-3-5(2)7(9)8(13)10-14-4-6(11)12/h5,7H,3-4,9H2,1-2H3,(H,10,13)(H,11,12)/t5?,7-/m0/s1. The highest BCUT2D eigenvalue weighted by Gasteiger charge is 2.19. The SMILES string of the molecule is CCC(C)[C@H](N)C(=O)NOCC(=O)O. The zero-order chi connectivity index (χ0) is 11.1. The molecule has 2 atom stereocenters. The fraction of sp³-hybridized carbons (Fsp3) is 0.750. The largest absolute Gasteiger partial charge is 0.479 e. The molecule has 0 aliphatic rings. The summed E-state index contributed by atoms with van der Waals surface area (Å²) in [5.41, 5.74) is 7.53. The van der Waals surface area contributed by atoms with Crippen LogP contribution >= 0.6 is 0 Å². The first-order valence-electron chi connectivity index (χ1n) is 4.38. The Morgan fingerprint density at radius 1 is 1.57 bits per heavy atom. The van der Waals surface area contributed by atoms with E-state index in [2.05, 4.69) is 4.84 Å². The molecule has 0 bridgehead atoms. The number of carboxylic acid groups (broad SMARTS) is 1. The molecule has 14 heavy (non-hydrogen) atoms. The van der Waals surface area contributed by atoms with Gasteiger partial charge < -0.3 is 10.8 Å². The van der Waals surface area contributed by atoms with Gasteiger partial charge in [-0.25, -0.2) is 10.3 Å². The maximum atomic E-state index is 11.2. The normalized spacial score (nSPS) is 14.5. The van der Waals surface area contributed by atoms with Crippen LogP contribution in [0, 0.1) is 5.92 Å². The van der Waals surface area contributed by atoms with Gasteiger partial charge >= 0.3 is 5.97 Å². The minimum Gasteiger partial charge on any atom is -0.479 e. The zero-order valence-electron chi connectivity index (χ0n) is 8.32. The number of amides is 1. The topological polar surface area (TPSA) is 102 Å². The van der Waals surface area contributed by atoms with E-state index in [9.17, 15) is 9.59 Å². The van der Waals surface area contributed by atoms with Crippen LogP contribution < -0.4 is 11.2 Å². The van der Waals surface area contributed by atoms with Crippen LogP contribution in [0.15, 0.2) is 0 Å². The predicted molar refractivity (Wildman–Crippen MR) is 49.2 cm³/mol. The van der Waals surface area contributed by atoms with E-state index in [1.807, 2.05) is 19.3 Å². The summed E-state index contributed by atoms with van der Waals surface area (Å²) in [6, 6.07) is -0.672. The number of nitrogens with one attached hydrogen (secondary N) is 1. The van der Waals surface area contributed by atoms with Gasteiger partial charge in [-0.15, -0.1) is 0 Å². The molecule has 6 nitrogen and oxygen atoms in total. The van der Waals surface area contributed by atoms with Crippen molar-refractivity contribution in [2.45, 2.75) is 26.3 Å². The molecule has 0 aliphatic carbocycles. The molecule has 0 spiro atoms. The van der Waals surface area contributed by atoms with Gasteiger partial charge in [0, 0.05) is 0 Å². The molecule has 0 rings (SSSR count). The van der Waals surface area contributed by atoms with Crippen LogP contribution in [-0.2, 0) is 14.4 Å². The number of nitrogens with two attached hydrogens (primary N) is 1. The quantitative estimate of drug-likeness (QED) is 0.506. The number of hydrogen-bond donors (Lipinski definition) is 3. The average Bonchev–Trinajstić information content (AvgIpc) is 2.14. The van der Waals surface area contributed by atoms with Crippen molar-refractivity contribution in [1.82, 2.24) is 5.48 Å². The summed E-state index contributed by atoms with van der Waals surface area (Å²) in [5, 5.41) is 8.21. The molecular formula is C8H16N2O4. The number of aliphatic carboxylic acids is 1. The molecule has 82 valence electrons. The molecule has 1 unspecified atom stereocenters. The molecule has 0 saturated carbocycles. The Labute approximate surface area is 82.4 Å². The fourth-order valence-corrected chi connectivity index (χ4v) is 0.749. The molecular weight excluding hydrogens is 188 g/mol. The Morgan fingerprint density at radius 3 is 2.57 bits per heavy atom. The van der Waals surface area contributed by atoms with Crippen molar-refractivity contribution in [1.29, 1.82) is 0 Å². The first-order chi connectivity index (χ1) is 6.49. The van der Waals surface area contributed by atoms with Crippen LogP contribution in [0.25, 0.3) is 0 Å². The molecule has 0 saturated heterocycles. The van der Waals surface area contributed by atoms with E-state index in [1.54, 1.807) is 0 Å². The zero-order valence-corrected chi connectivity index (χ0v) is 8.32. The van der Waals surface area contributed by atoms with Gasteiger partial charge in [0.25, 0.3) is 5.91 Å². The number of carboxylic acids is 1. The van der Waals surface area contributed by atoms with E-state index in [-0.39, 0.29) is 5.92 Å². The van der Waals surface area contributed by atoms with Crippen LogP contribution in [0.2, 0.25) is 0 Å². The second kappa shape index (κ2) is 6.33. The van der Waals surface area contributed by atoms with E-state index in [4.69, 9.17) is 10.8 Å². The number of hydroxylamine groups is 1. The highest BCUT2D eigenvalue weighted by Crippen LogP contribution is 2.04. The monoisotopic (exact) mass is 204 g/mol. The van der Waals surface area contributed by atoms with Crippen molar-refractivity contribution in [3.63, 3.8) is 0 Å². The minimum absolute atomic E-state index is 0.0310. The summed E-state index contributed by atoms with van der Waals surface area (Å²) in [6.07, 6.45) is 0.771. The van der Waals surface area contributed by atoms with Crippen LogP contribution in [0.5, 0.6) is 0 Å². The summed E-state index contributed by atoms with van der Waals surface area (Å²) in [5.74, 6) is -1.62. The maximum absolute atomic E-state index is 11.2. The van der Waals surface area contributed by atoms with Crippen molar-refractivity contribution < 1.29 is 19.5 Å². The second-order valence-electron chi connectivity index (χ2n) is 3.06. The molecule has 0 heterocycles. The number of hydrogen-bond acceptors (Lipinski definition) is 4. The van der Waals surface area contributed by atoms with E-state index in [0.29, 0.717) is 0 Å². The van der Waals surface area contributed by atoms with Crippen LogP contribution in [0.1, 0.15) is 20.3 Å². The van der Waals surface area contributed by atoms with Crippen LogP contribution in [0.3, 0.4) is 0 Å². The summed E-state index contributed by atoms with van der Waals surface area (Å²) < 4.78 is 0. The number of carbonyl (C=O) groups excluding carboxylic acids is 1. The van der Waals surface area contributed by atoms with E-state index in [0.717, 1.165) is 6.42 Å². The number of rotatable bonds is 6. The Balaban J connectivity index is 3.78. The van der Waals surface area contributed by atoms with Crippen LogP contribution in [-0.4, -0.2) is 29.6 Å². The molecule has 0 aromatic heterocycles. The Morgan fingerprint density at radius 2 is 2.14 bits per heavy atom. The van der Waals surface area contributed by atoms with Gasteiger partial charge in [-0.3, -0.25) is 9.63 Å². The second-order valence-corrected chi connectivity index (χ2v) is 3.06. The van der Waals surface area contributed by atoms with Gasteiger partial charge in [0.05, 0.1) is 6.04 Å². The molecule has 0 aromatic rings. The smallest absolute Gasteiger partial charge is 0.332 e. The van der Waals surface area contributed by atoms with E-state index < -0.39 is 24.5 Å². The van der Waals surface area contributed by atoms with Gasteiger partial charge in [-0.1, -0.05) is 20.3 Å². The van der Waals surface area contributed by atoms with Crippen molar-refractivity contribution in [2.75, 3.05) is 6.61 Å². The van der Waals surface area contributed by atoms with Gasteiger partial charge in [-0.2, -0.15) is 0 Å². The van der Waals surface area contributed by atoms with Gasteiger partial charge in [0.2, 0.25) is 0 Å². The van der Waals surface area contributed by atoms with Crippen molar-refractivity contribution in [2.24, 2.45) is 11.7 Å². The fourth-order valence-electron chi connectivity index (χ4n) is 0.749. The lowest BCUT2D eigenvalue weighted by atomic mass is 10.00. The lowest BCUT2D eigenvalue weighted by Gasteiger charge is -2.16. The molecule has 1 amide bonds. The maximum Gasteiger partial charge on any atom is 0.332 e. The van der Waals surface area contributed by atoms with Gasteiger partial charge in [0.15, 0.2) is 6.61 Å². The first-order valence-corrected chi connectivity index (χ1v) is 4.38. The van der Waals surface area contributed by atoms with Crippen molar-refractivity contribution in [3.8, 4) is 0 Å². The Bertz CT molecular complexity index is 208. The Hall–Kier alpha value is -1.14. The van der Waals surface area contributed by atoms with Gasteiger partial charge in [-0.05, 0) is 5.92 Å². The molecule has 6 heteroatoms. The van der Waals surface area contributed by atoms with Crippen molar-refractivity contribution >= 4 is 11.9 Å². The van der Waals surface area contributed by atoms with E-state index >= 15 is 0 Å². The van der Waals surface area contributed by atoms with Crippen LogP contribution in [0.4, 0.5) is 0 Å². The third-order valence-corrected chi connectivity index (χ3v) is 1.93. The minimum atomic E-state index is -1.15. The third kappa shape index (κ3) is 4.78. The molecule has 0 radical (unpaired) electrons. The first kappa shape index (κ1) is 12.9. The third-order valence-electron chi connectivity index (χ3n) is 1.93. The lowest BCUT2D eigenvalue weighted by molar-refractivity contribution is -0.150. The van der Waals surface area contributed by atoms with E-state index in [1.165, 1.54) is 0 Å². The summed E-state index contributed by atoms with van der Waals surface area (Å²) in [6.45, 7) is 3.18. The number of carbonyl (C=O) groups is 2. The Kier molecular flexibility index (Phi) is 5.82. The average molecular weight is 204 g/mol. The molecule has 4 N–H and O–H groups in total. The highest BCUT2D eigenvalue weighted by atomic mass is 16.7. The summed E-state index contributed by atoms with van der Waals surface area (Å²) >= 11 is 0. The summed E-state index contributed by atoms with van der Waals surface area (Å²) in [7, 11) is 0. The predicted octanol–water partition coefficient (Wildman–Crippen LogP) is -0.508. The highest BCUT2D eigenvalue weighted by molar-refractivity contribution is 5.81. The van der Waals surface area contributed by atoms with Crippen molar-refractivity contribution in [3.05, 3.63) is 0 Å². The lowest BCUT2D eigenvalue weighted by Crippen LogP contribution is -2.45. The molecule has 0 fully saturated rings. The summed E-state index contributed by atoms with van der Waals surface area (Å²) in [4.78, 5) is 25.6. The van der Waals surface area contributed by atoms with Gasteiger partial charge in [0.1, 0.15) is 0 Å². The molecule has 0 aliphatic heterocycles. The molecule has 0 aromatic carbocycles.